The minimum atomic E-state index is -2.93. The number of rotatable bonds is 12. The number of carbonyl (C=O) groups excluding carboxylic acids is 5. The molecule has 2 aliphatic heterocycles. The molecule has 0 spiro atoms. The van der Waals surface area contributed by atoms with Gasteiger partial charge in [-0.05, 0) is 73.0 Å². The first-order valence-corrected chi connectivity index (χ1v) is 21.0. The van der Waals surface area contributed by atoms with E-state index in [0.29, 0.717) is 32.2 Å². The maximum atomic E-state index is 13.8. The van der Waals surface area contributed by atoms with Gasteiger partial charge in [0, 0.05) is 13.0 Å². The van der Waals surface area contributed by atoms with Crippen LogP contribution in [-0.2, 0) is 34.8 Å². The van der Waals surface area contributed by atoms with Crippen LogP contribution in [0.25, 0.3) is 0 Å². The second-order valence-electron chi connectivity index (χ2n) is 15.4. The standard InChI is InChI=1S/C43H54N4O6Si/c1-30-39(49)46-36(29-32-19-10-6-11-20-32)42(52)47-28-18-26-37(47)41(51)45-35(40(50)44-30)25-16-9-17-27-38(48)31(2)53-54(43(3,4)5,33-21-12-7-13-22-33)34-23-14-8-15-24-34/h6-8,10-15,17,19-24,27,30-31,35-37H,9,16,18,25-26,28-29H2,1-5H3,(H,44,50)(H,45,51)(H,46,49)/b27-17+/t30-,31+,35+,36?,37-/m1/s1. The lowest BCUT2D eigenvalue weighted by molar-refractivity contribution is -0.143. The molecule has 2 fully saturated rings. The summed E-state index contributed by atoms with van der Waals surface area (Å²) >= 11 is 0. The first-order valence-electron chi connectivity index (χ1n) is 19.1. The molecular weight excluding hydrogens is 697 g/mol. The fraction of sp³-hybridized carbons (Fsp3) is 0.419. The third kappa shape index (κ3) is 9.43. The van der Waals surface area contributed by atoms with Gasteiger partial charge in [0.15, 0.2) is 5.78 Å². The Balaban J connectivity index is 1.25. The first kappa shape index (κ1) is 40.3. The average molecular weight is 751 g/mol. The van der Waals surface area contributed by atoms with Crippen LogP contribution in [0.15, 0.2) is 103 Å². The smallest absolute Gasteiger partial charge is 0.262 e. The van der Waals surface area contributed by atoms with Gasteiger partial charge in [0.05, 0.1) is 0 Å². The van der Waals surface area contributed by atoms with Crippen LogP contribution in [0.3, 0.4) is 0 Å². The van der Waals surface area contributed by atoms with E-state index < -0.39 is 50.4 Å². The number of nitrogens with one attached hydrogen (secondary N) is 3. The van der Waals surface area contributed by atoms with Crippen LogP contribution < -0.4 is 26.3 Å². The number of fused-ring (bicyclic) bond motifs is 1. The second kappa shape index (κ2) is 18.0. The predicted molar refractivity (Wildman–Crippen MR) is 213 cm³/mol. The molecule has 2 aliphatic rings. The Kier molecular flexibility index (Phi) is 13.4. The Hall–Kier alpha value is -4.87. The summed E-state index contributed by atoms with van der Waals surface area (Å²) in [6, 6.07) is 26.3. The SMILES string of the molecule is C[C@H](O[Si](c1ccccc1)(c1ccccc1)C(C)(C)C)C(=O)/C=C/CCC[C@@H]1NC(=O)[C@H]2CCCN2C(=O)C(Cc2ccccc2)NC(=O)[C@@H](C)NC1=O. The van der Waals surface area contributed by atoms with Crippen molar-refractivity contribution in [3.05, 3.63) is 109 Å². The van der Waals surface area contributed by atoms with Crippen molar-refractivity contribution in [2.24, 2.45) is 0 Å². The molecule has 1 unspecified atom stereocenters. The molecule has 3 aromatic carbocycles. The molecule has 0 saturated carbocycles. The molecule has 5 rings (SSSR count). The molecule has 286 valence electrons. The van der Waals surface area contributed by atoms with E-state index >= 15 is 0 Å². The molecule has 0 aromatic heterocycles. The number of unbranched alkanes of at least 4 members (excludes halogenated alkanes) is 1. The summed E-state index contributed by atoms with van der Waals surface area (Å²) in [5.74, 6) is -1.82. The number of amides is 4. The molecule has 2 heterocycles. The molecule has 10 nitrogen and oxygen atoms in total. The van der Waals surface area contributed by atoms with Crippen LogP contribution in [0.4, 0.5) is 0 Å². The van der Waals surface area contributed by atoms with E-state index in [1.165, 1.54) is 4.90 Å². The Bertz CT molecular complexity index is 1760. The molecule has 0 radical (unpaired) electrons. The topological polar surface area (TPSA) is 134 Å². The van der Waals surface area contributed by atoms with Crippen molar-refractivity contribution in [3.8, 4) is 0 Å². The van der Waals surface area contributed by atoms with Crippen molar-refractivity contribution in [1.29, 1.82) is 0 Å². The lowest BCUT2D eigenvalue weighted by Crippen LogP contribution is -2.68. The van der Waals surface area contributed by atoms with Crippen molar-refractivity contribution >= 4 is 48.1 Å². The lowest BCUT2D eigenvalue weighted by Gasteiger charge is -2.44. The Morgan fingerprint density at radius 1 is 0.833 bits per heavy atom. The van der Waals surface area contributed by atoms with Gasteiger partial charge in [-0.25, -0.2) is 0 Å². The van der Waals surface area contributed by atoms with Crippen LogP contribution in [0.5, 0.6) is 0 Å². The van der Waals surface area contributed by atoms with Gasteiger partial charge < -0.3 is 25.3 Å². The third-order valence-electron chi connectivity index (χ3n) is 10.4. The summed E-state index contributed by atoms with van der Waals surface area (Å²) in [5.41, 5.74) is 0.872. The van der Waals surface area contributed by atoms with E-state index in [-0.39, 0.29) is 35.5 Å². The Labute approximate surface area is 320 Å². The summed E-state index contributed by atoms with van der Waals surface area (Å²) in [7, 11) is -2.93. The fourth-order valence-electron chi connectivity index (χ4n) is 7.56. The summed E-state index contributed by atoms with van der Waals surface area (Å²) in [6.07, 6.45) is 5.22. The number of allylic oxidation sites excluding steroid dienone is 1. The third-order valence-corrected chi connectivity index (χ3v) is 15.5. The molecular formula is C43H54N4O6Si. The van der Waals surface area contributed by atoms with E-state index in [0.717, 1.165) is 15.9 Å². The molecule has 11 heteroatoms. The second-order valence-corrected chi connectivity index (χ2v) is 19.6. The van der Waals surface area contributed by atoms with Crippen molar-refractivity contribution in [2.45, 2.75) is 108 Å². The van der Waals surface area contributed by atoms with Gasteiger partial charge in [-0.3, -0.25) is 24.0 Å². The van der Waals surface area contributed by atoms with Crippen molar-refractivity contribution in [2.75, 3.05) is 6.54 Å². The quantitative estimate of drug-likeness (QED) is 0.146. The predicted octanol–water partition coefficient (Wildman–Crippen LogP) is 3.97. The summed E-state index contributed by atoms with van der Waals surface area (Å²) in [5, 5.41) is 10.4. The lowest BCUT2D eigenvalue weighted by atomic mass is 10.0. The highest BCUT2D eigenvalue weighted by Gasteiger charge is 2.51. The van der Waals surface area contributed by atoms with E-state index in [2.05, 4.69) is 61.0 Å². The number of carbonyl (C=O) groups is 5. The van der Waals surface area contributed by atoms with Crippen molar-refractivity contribution in [3.63, 3.8) is 0 Å². The summed E-state index contributed by atoms with van der Waals surface area (Å²) < 4.78 is 6.96. The fourth-order valence-corrected chi connectivity index (χ4v) is 12.2. The molecule has 5 atom stereocenters. The Morgan fingerprint density at radius 2 is 1.41 bits per heavy atom. The van der Waals surface area contributed by atoms with Gasteiger partial charge in [0.25, 0.3) is 8.32 Å². The summed E-state index contributed by atoms with van der Waals surface area (Å²) in [6.45, 7) is 10.3. The van der Waals surface area contributed by atoms with E-state index in [4.69, 9.17) is 4.43 Å². The maximum absolute atomic E-state index is 13.8. The average Bonchev–Trinajstić information content (AvgIpc) is 3.66. The Morgan fingerprint density at radius 3 is 2.00 bits per heavy atom. The zero-order valence-corrected chi connectivity index (χ0v) is 33.0. The molecule has 3 aromatic rings. The molecule has 2 saturated heterocycles. The largest absolute Gasteiger partial charge is 0.397 e. The molecule has 0 bridgehead atoms. The number of nitrogens with zero attached hydrogens (tertiary/aromatic N) is 1. The first-order chi connectivity index (χ1) is 25.8. The highest BCUT2D eigenvalue weighted by atomic mass is 28.4. The monoisotopic (exact) mass is 750 g/mol. The van der Waals surface area contributed by atoms with Crippen LogP contribution in [0.2, 0.25) is 5.04 Å². The van der Waals surface area contributed by atoms with Gasteiger partial charge in [0.2, 0.25) is 23.6 Å². The van der Waals surface area contributed by atoms with Crippen molar-refractivity contribution in [1.82, 2.24) is 20.9 Å². The van der Waals surface area contributed by atoms with Gasteiger partial charge in [-0.1, -0.05) is 118 Å². The van der Waals surface area contributed by atoms with E-state index in [9.17, 15) is 24.0 Å². The molecule has 3 N–H and O–H groups in total. The highest BCUT2D eigenvalue weighted by Crippen LogP contribution is 2.37. The number of hydrogen-bond donors (Lipinski definition) is 3. The minimum Gasteiger partial charge on any atom is -0.397 e. The summed E-state index contributed by atoms with van der Waals surface area (Å²) in [4.78, 5) is 69.3. The number of benzene rings is 3. The number of hydrogen-bond acceptors (Lipinski definition) is 6. The zero-order valence-electron chi connectivity index (χ0n) is 32.0. The van der Waals surface area contributed by atoms with E-state index in [1.54, 1.807) is 26.0 Å². The van der Waals surface area contributed by atoms with Crippen LogP contribution >= 0.6 is 0 Å². The van der Waals surface area contributed by atoms with Crippen molar-refractivity contribution < 1.29 is 28.4 Å². The maximum Gasteiger partial charge on any atom is 0.262 e. The van der Waals surface area contributed by atoms with Crippen LogP contribution in [0, 0.1) is 0 Å². The van der Waals surface area contributed by atoms with Crippen LogP contribution in [0.1, 0.15) is 72.3 Å². The highest BCUT2D eigenvalue weighted by molar-refractivity contribution is 6.99. The molecule has 54 heavy (non-hydrogen) atoms. The van der Waals surface area contributed by atoms with E-state index in [1.807, 2.05) is 66.7 Å². The molecule has 0 aliphatic carbocycles. The van der Waals surface area contributed by atoms with Gasteiger partial charge in [-0.2, -0.15) is 0 Å². The van der Waals surface area contributed by atoms with Gasteiger partial charge in [-0.15, -0.1) is 0 Å². The molecule has 4 amide bonds. The zero-order chi connectivity index (χ0) is 38.9. The van der Waals surface area contributed by atoms with Gasteiger partial charge in [0.1, 0.15) is 30.3 Å². The van der Waals surface area contributed by atoms with Crippen LogP contribution in [-0.4, -0.2) is 79.4 Å². The number of ketones is 1. The minimum absolute atomic E-state index is 0.156. The normalized spacial score (nSPS) is 22.1. The van der Waals surface area contributed by atoms with Gasteiger partial charge >= 0.3 is 0 Å².